The molecule has 0 spiro atoms. The largest absolute Gasteiger partial charge is 0.508 e. The van der Waals surface area contributed by atoms with Gasteiger partial charge >= 0.3 is 5.97 Å². The number of phenolic OH excluding ortho intramolecular Hbond substituents is 2. The third kappa shape index (κ3) is 5.22. The molecule has 38 heavy (non-hydrogen) atoms. The molecule has 198 valence electrons. The molecule has 3 amide bonds. The van der Waals surface area contributed by atoms with Gasteiger partial charge in [0.25, 0.3) is 11.8 Å². The van der Waals surface area contributed by atoms with E-state index in [1.165, 1.54) is 65.2 Å². The maximum atomic E-state index is 13.4. The molecule has 0 radical (unpaired) electrons. The van der Waals surface area contributed by atoms with E-state index in [1.807, 2.05) is 0 Å². The molecule has 2 aromatic carbocycles. The van der Waals surface area contributed by atoms with Crippen LogP contribution < -0.4 is 16.4 Å². The smallest absolute Gasteiger partial charge is 0.330 e. The summed E-state index contributed by atoms with van der Waals surface area (Å²) in [6.07, 6.45) is 3.38. The van der Waals surface area contributed by atoms with Gasteiger partial charge < -0.3 is 31.7 Å². The maximum absolute atomic E-state index is 13.4. The van der Waals surface area contributed by atoms with Gasteiger partial charge in [-0.05, 0) is 47.9 Å². The molecular weight excluding hydrogens is 512 g/mol. The van der Waals surface area contributed by atoms with Gasteiger partial charge in [-0.2, -0.15) is 0 Å². The number of carboxylic acid groups (broad SMARTS) is 1. The molecule has 2 aromatic rings. The van der Waals surface area contributed by atoms with Crippen molar-refractivity contribution in [1.29, 1.82) is 0 Å². The Hall–Kier alpha value is -4.29. The first-order valence-electron chi connectivity index (χ1n) is 11.6. The van der Waals surface area contributed by atoms with Crippen LogP contribution in [-0.2, 0) is 19.2 Å². The SMILES string of the molecule is C/C=C\C1=C(C(=O)NC(C(=O)O)c2ccc(O)cc2)N2C(=O)[C@@H](NC(=O)[C@H](N)c3ccc(O)cc3)[C@H]2SC1. The summed E-state index contributed by atoms with van der Waals surface area (Å²) in [7, 11) is 0. The highest BCUT2D eigenvalue weighted by Crippen LogP contribution is 2.41. The lowest BCUT2D eigenvalue weighted by molar-refractivity contribution is -0.148. The van der Waals surface area contributed by atoms with E-state index in [0.29, 0.717) is 16.9 Å². The van der Waals surface area contributed by atoms with E-state index >= 15 is 0 Å². The van der Waals surface area contributed by atoms with Crippen molar-refractivity contribution in [3.05, 3.63) is 83.1 Å². The van der Waals surface area contributed by atoms with Gasteiger partial charge in [-0.25, -0.2) is 4.79 Å². The third-order valence-corrected chi connectivity index (χ3v) is 7.46. The lowest BCUT2D eigenvalue weighted by atomic mass is 10.00. The van der Waals surface area contributed by atoms with Crippen LogP contribution in [0.25, 0.3) is 0 Å². The summed E-state index contributed by atoms with van der Waals surface area (Å²) in [5.41, 5.74) is 7.26. The van der Waals surface area contributed by atoms with Crippen molar-refractivity contribution < 1.29 is 34.5 Å². The first-order valence-corrected chi connectivity index (χ1v) is 12.6. The minimum absolute atomic E-state index is 0.00945. The number of thioether (sulfide) groups is 1. The van der Waals surface area contributed by atoms with Crippen molar-refractivity contribution in [2.24, 2.45) is 5.73 Å². The van der Waals surface area contributed by atoms with E-state index in [9.17, 15) is 34.5 Å². The fraction of sp³-hybridized carbons (Fsp3) is 0.231. The molecular formula is C26H26N4O7S. The number of phenols is 2. The van der Waals surface area contributed by atoms with E-state index in [1.54, 1.807) is 19.1 Å². The highest BCUT2D eigenvalue weighted by Gasteiger charge is 2.54. The minimum Gasteiger partial charge on any atom is -0.508 e. The highest BCUT2D eigenvalue weighted by molar-refractivity contribution is 8.00. The number of aliphatic carboxylic acids is 1. The molecule has 0 aromatic heterocycles. The molecule has 4 atom stereocenters. The number of amides is 3. The molecule has 2 heterocycles. The molecule has 2 aliphatic heterocycles. The molecule has 2 aliphatic rings. The summed E-state index contributed by atoms with van der Waals surface area (Å²) in [4.78, 5) is 52.5. The number of hydrogen-bond acceptors (Lipinski definition) is 8. The molecule has 7 N–H and O–H groups in total. The van der Waals surface area contributed by atoms with Gasteiger partial charge in [0.15, 0.2) is 6.04 Å². The lowest BCUT2D eigenvalue weighted by Gasteiger charge is -2.50. The standard InChI is InChI=1S/C26H26N4O7S/c1-2-3-15-12-38-25-20(29-22(33)18(27)13-4-8-16(31)9-5-13)24(35)30(25)21(15)23(34)28-19(26(36)37)14-6-10-17(32)11-7-14/h2-11,18-20,25,31-32H,12,27H2,1H3,(H,28,34)(H,29,33)(H,36,37)/b3-2-/t18-,19?,20-,25-/m1/s1. The molecule has 11 nitrogen and oxygen atoms in total. The van der Waals surface area contributed by atoms with Gasteiger partial charge in [-0.3, -0.25) is 19.3 Å². The zero-order valence-corrected chi connectivity index (χ0v) is 21.0. The summed E-state index contributed by atoms with van der Waals surface area (Å²) < 4.78 is 0. The Bertz CT molecular complexity index is 1320. The van der Waals surface area contributed by atoms with Gasteiger partial charge in [0.05, 0.1) is 0 Å². The molecule has 4 rings (SSSR count). The van der Waals surface area contributed by atoms with E-state index in [-0.39, 0.29) is 22.8 Å². The first kappa shape index (κ1) is 26.8. The fourth-order valence-corrected chi connectivity index (χ4v) is 5.54. The number of β-lactam (4-membered cyclic amide) rings is 1. The average molecular weight is 539 g/mol. The topological polar surface area (TPSA) is 182 Å². The van der Waals surface area contributed by atoms with Crippen LogP contribution in [0.1, 0.15) is 30.1 Å². The molecule has 0 bridgehead atoms. The second-order valence-corrected chi connectivity index (χ2v) is 9.78. The predicted octanol–water partition coefficient (Wildman–Crippen LogP) is 1.27. The Labute approximate surface area is 222 Å². The number of nitrogens with one attached hydrogen (secondary N) is 2. The van der Waals surface area contributed by atoms with Crippen molar-refractivity contribution >= 4 is 35.5 Å². The number of carbonyl (C=O) groups excluding carboxylic acids is 3. The number of aromatic hydroxyl groups is 2. The molecule has 0 saturated carbocycles. The Balaban J connectivity index is 1.53. The summed E-state index contributed by atoms with van der Waals surface area (Å²) in [5, 5.41) is 33.2. The highest BCUT2D eigenvalue weighted by atomic mass is 32.2. The van der Waals surface area contributed by atoms with Gasteiger partial charge in [0.1, 0.15) is 34.7 Å². The zero-order chi connectivity index (χ0) is 27.6. The van der Waals surface area contributed by atoms with Crippen LogP contribution in [0.3, 0.4) is 0 Å². The number of carboxylic acids is 1. The summed E-state index contributed by atoms with van der Waals surface area (Å²) >= 11 is 1.35. The van der Waals surface area contributed by atoms with Gasteiger partial charge in [0, 0.05) is 5.75 Å². The van der Waals surface area contributed by atoms with Crippen LogP contribution in [0, 0.1) is 0 Å². The van der Waals surface area contributed by atoms with Crippen molar-refractivity contribution in [2.45, 2.75) is 30.4 Å². The van der Waals surface area contributed by atoms with Crippen molar-refractivity contribution in [3.63, 3.8) is 0 Å². The van der Waals surface area contributed by atoms with Crippen molar-refractivity contribution in [3.8, 4) is 11.5 Å². The van der Waals surface area contributed by atoms with E-state index in [4.69, 9.17) is 5.73 Å². The summed E-state index contributed by atoms with van der Waals surface area (Å²) in [6, 6.07) is 7.76. The number of nitrogens with two attached hydrogens (primary N) is 1. The number of fused-ring (bicyclic) bond motifs is 1. The normalized spacial score (nSPS) is 20.4. The number of allylic oxidation sites excluding steroid dienone is 2. The quantitative estimate of drug-likeness (QED) is 0.270. The van der Waals surface area contributed by atoms with Crippen LogP contribution in [0.2, 0.25) is 0 Å². The Morgan fingerprint density at radius 3 is 2.18 bits per heavy atom. The number of rotatable bonds is 8. The Morgan fingerprint density at radius 1 is 1.05 bits per heavy atom. The van der Waals surface area contributed by atoms with Crippen molar-refractivity contribution in [2.75, 3.05) is 5.75 Å². The van der Waals surface area contributed by atoms with E-state index in [2.05, 4.69) is 10.6 Å². The molecule has 12 heteroatoms. The average Bonchev–Trinajstić information content (AvgIpc) is 2.90. The monoisotopic (exact) mass is 538 g/mol. The number of benzene rings is 2. The Kier molecular flexibility index (Phi) is 7.74. The maximum Gasteiger partial charge on any atom is 0.330 e. The van der Waals surface area contributed by atoms with Gasteiger partial charge in [-0.15, -0.1) is 11.8 Å². The minimum atomic E-state index is -1.43. The second-order valence-electron chi connectivity index (χ2n) is 8.68. The van der Waals surface area contributed by atoms with Crippen LogP contribution in [0.4, 0.5) is 0 Å². The second kappa shape index (κ2) is 11.0. The molecule has 0 aliphatic carbocycles. The molecule has 1 unspecified atom stereocenters. The zero-order valence-electron chi connectivity index (χ0n) is 20.2. The summed E-state index contributed by atoms with van der Waals surface area (Å²) in [6.45, 7) is 1.75. The lowest BCUT2D eigenvalue weighted by Crippen LogP contribution is -2.71. The fourth-order valence-electron chi connectivity index (χ4n) is 4.22. The van der Waals surface area contributed by atoms with E-state index in [0.717, 1.165) is 0 Å². The number of nitrogens with zero attached hydrogens (tertiary/aromatic N) is 1. The molecule has 1 saturated heterocycles. The third-order valence-electron chi connectivity index (χ3n) is 6.16. The number of carbonyl (C=O) groups is 4. The van der Waals surface area contributed by atoms with Gasteiger partial charge in [-0.1, -0.05) is 36.4 Å². The van der Waals surface area contributed by atoms with Crippen molar-refractivity contribution in [1.82, 2.24) is 15.5 Å². The van der Waals surface area contributed by atoms with Gasteiger partial charge in [0.2, 0.25) is 5.91 Å². The van der Waals surface area contributed by atoms with E-state index < -0.39 is 47.2 Å². The molecule has 1 fully saturated rings. The van der Waals surface area contributed by atoms with Crippen LogP contribution in [-0.4, -0.2) is 61.1 Å². The Morgan fingerprint density at radius 2 is 1.63 bits per heavy atom. The van der Waals surface area contributed by atoms with Crippen LogP contribution >= 0.6 is 11.8 Å². The first-order chi connectivity index (χ1) is 18.1. The van der Waals surface area contributed by atoms with Crippen LogP contribution in [0.5, 0.6) is 11.5 Å². The predicted molar refractivity (Wildman–Crippen MR) is 139 cm³/mol. The van der Waals surface area contributed by atoms with Crippen LogP contribution in [0.15, 0.2) is 72.0 Å². The number of hydrogen-bond donors (Lipinski definition) is 6. The summed E-state index contributed by atoms with van der Waals surface area (Å²) in [5.74, 6) is -2.90.